The molecular formula is C25H20Cl2N2O3S. The highest BCUT2D eigenvalue weighted by molar-refractivity contribution is 7.89. The normalized spacial score (nSPS) is 12.0. The van der Waals surface area contributed by atoms with Crippen LogP contribution >= 0.6 is 23.2 Å². The third-order valence-electron chi connectivity index (χ3n) is 4.84. The second kappa shape index (κ2) is 10.4. The first-order valence-corrected chi connectivity index (χ1v) is 12.3. The Morgan fingerprint density at radius 2 is 1.42 bits per heavy atom. The van der Waals surface area contributed by atoms with E-state index in [0.717, 1.165) is 11.3 Å². The number of halogens is 2. The average Bonchev–Trinajstić information content (AvgIpc) is 3.27. The quantitative estimate of drug-likeness (QED) is 0.253. The highest BCUT2D eigenvalue weighted by Crippen LogP contribution is 2.24. The van der Waals surface area contributed by atoms with E-state index < -0.39 is 10.0 Å². The fourth-order valence-corrected chi connectivity index (χ4v) is 4.80. The minimum atomic E-state index is -3.80. The second-order valence-corrected chi connectivity index (χ2v) is 10.1. The third kappa shape index (κ3) is 6.12. The molecule has 0 unspecified atom stereocenters. The van der Waals surface area contributed by atoms with Gasteiger partial charge in [0.2, 0.25) is 10.0 Å². The summed E-state index contributed by atoms with van der Waals surface area (Å²) in [4.78, 5) is 4.53. The van der Waals surface area contributed by atoms with E-state index in [-0.39, 0.29) is 18.0 Å². The molecule has 0 spiro atoms. The molecule has 1 aromatic heterocycles. The fraction of sp³-hybridized carbons (Fsp3) is 0.0800. The van der Waals surface area contributed by atoms with Gasteiger partial charge in [-0.1, -0.05) is 53.5 Å². The van der Waals surface area contributed by atoms with Crippen LogP contribution in [0.3, 0.4) is 0 Å². The van der Waals surface area contributed by atoms with E-state index in [1.807, 2.05) is 30.3 Å². The minimum absolute atomic E-state index is 0.0641. The van der Waals surface area contributed by atoms with Crippen LogP contribution in [0, 0.1) is 0 Å². The van der Waals surface area contributed by atoms with E-state index in [2.05, 4.69) is 4.99 Å². The molecule has 5 nitrogen and oxygen atoms in total. The smallest absolute Gasteiger partial charge is 0.243 e. The van der Waals surface area contributed by atoms with Crippen LogP contribution in [-0.2, 0) is 23.1 Å². The third-order valence-corrected chi connectivity index (χ3v) is 7.15. The fourth-order valence-electron chi connectivity index (χ4n) is 3.16. The summed E-state index contributed by atoms with van der Waals surface area (Å²) in [6, 6.07) is 26.1. The van der Waals surface area contributed by atoms with Crippen molar-refractivity contribution >= 4 is 45.1 Å². The minimum Gasteiger partial charge on any atom is -0.459 e. The summed E-state index contributed by atoms with van der Waals surface area (Å²) < 4.78 is 34.0. The molecular weight excluding hydrogens is 479 g/mol. The first-order valence-electron chi connectivity index (χ1n) is 10.1. The Hall–Kier alpha value is -2.90. The van der Waals surface area contributed by atoms with Gasteiger partial charge in [-0.15, -0.1) is 0 Å². The summed E-state index contributed by atoms with van der Waals surface area (Å²) >= 11 is 11.8. The number of rotatable bonds is 8. The summed E-state index contributed by atoms with van der Waals surface area (Å²) in [5.41, 5.74) is 1.60. The lowest BCUT2D eigenvalue weighted by Gasteiger charge is -2.21. The predicted octanol–water partition coefficient (Wildman–Crippen LogP) is 6.73. The van der Waals surface area contributed by atoms with Crippen LogP contribution in [0.2, 0.25) is 10.0 Å². The van der Waals surface area contributed by atoms with Gasteiger partial charge in [-0.05, 0) is 66.2 Å². The molecule has 0 atom stereocenters. The molecule has 33 heavy (non-hydrogen) atoms. The van der Waals surface area contributed by atoms with Crippen molar-refractivity contribution in [3.8, 4) is 0 Å². The zero-order valence-electron chi connectivity index (χ0n) is 17.4. The maximum atomic E-state index is 13.4. The van der Waals surface area contributed by atoms with Crippen molar-refractivity contribution < 1.29 is 12.8 Å². The van der Waals surface area contributed by atoms with E-state index in [9.17, 15) is 8.42 Å². The number of sulfonamides is 1. The zero-order valence-corrected chi connectivity index (χ0v) is 19.8. The van der Waals surface area contributed by atoms with Crippen molar-refractivity contribution in [1.82, 2.24) is 4.31 Å². The average molecular weight is 499 g/mol. The number of nitrogens with zero attached hydrogens (tertiary/aromatic N) is 2. The van der Waals surface area contributed by atoms with Gasteiger partial charge in [0, 0.05) is 16.6 Å². The number of aliphatic imine (C=N–C) groups is 1. The number of hydrogen-bond donors (Lipinski definition) is 0. The molecule has 0 amide bonds. The lowest BCUT2D eigenvalue weighted by Crippen LogP contribution is -2.30. The lowest BCUT2D eigenvalue weighted by molar-refractivity contribution is 0.357. The second-order valence-electron chi connectivity index (χ2n) is 7.25. The van der Waals surface area contributed by atoms with Crippen molar-refractivity contribution in [1.29, 1.82) is 0 Å². The standard InChI is InChI=1S/C25H20Cl2N2O3S/c26-20-6-10-22(11-7-20)28-16-23-12-13-24(32-23)18-29(17-19-4-2-1-3-5-19)33(30,31)25-14-8-21(27)9-15-25/h1-16H,17-18H2. The van der Waals surface area contributed by atoms with Gasteiger partial charge in [0.1, 0.15) is 11.5 Å². The van der Waals surface area contributed by atoms with E-state index in [1.54, 1.807) is 54.7 Å². The van der Waals surface area contributed by atoms with Gasteiger partial charge in [-0.3, -0.25) is 4.99 Å². The molecule has 0 aliphatic rings. The Kier molecular flexibility index (Phi) is 7.30. The molecule has 0 saturated heterocycles. The molecule has 0 aliphatic carbocycles. The van der Waals surface area contributed by atoms with Gasteiger partial charge in [-0.2, -0.15) is 4.31 Å². The van der Waals surface area contributed by atoms with Crippen LogP contribution in [0.4, 0.5) is 5.69 Å². The summed E-state index contributed by atoms with van der Waals surface area (Å²) in [7, 11) is -3.80. The SMILES string of the molecule is O=S(=O)(c1ccc(Cl)cc1)N(Cc1ccccc1)Cc1ccc(C=Nc2ccc(Cl)cc2)o1. The van der Waals surface area contributed by atoms with E-state index in [1.165, 1.54) is 16.4 Å². The Morgan fingerprint density at radius 1 is 0.788 bits per heavy atom. The number of benzene rings is 3. The summed E-state index contributed by atoms with van der Waals surface area (Å²) in [5, 5.41) is 1.11. The molecule has 0 N–H and O–H groups in total. The van der Waals surface area contributed by atoms with Crippen molar-refractivity contribution in [3.63, 3.8) is 0 Å². The van der Waals surface area contributed by atoms with Crippen LogP contribution in [-0.4, -0.2) is 18.9 Å². The molecule has 168 valence electrons. The highest BCUT2D eigenvalue weighted by atomic mass is 35.5. The van der Waals surface area contributed by atoms with Crippen LogP contribution in [0.25, 0.3) is 0 Å². The first-order chi connectivity index (χ1) is 15.9. The van der Waals surface area contributed by atoms with Crippen molar-refractivity contribution in [2.24, 2.45) is 4.99 Å². The predicted molar refractivity (Wildman–Crippen MR) is 132 cm³/mol. The lowest BCUT2D eigenvalue weighted by atomic mass is 10.2. The Labute approximate surface area is 203 Å². The molecule has 3 aromatic carbocycles. The first kappa shape index (κ1) is 23.3. The molecule has 1 heterocycles. The van der Waals surface area contributed by atoms with Crippen LogP contribution in [0.5, 0.6) is 0 Å². The molecule has 4 rings (SSSR count). The summed E-state index contributed by atoms with van der Waals surface area (Å²) in [6.07, 6.45) is 1.59. The summed E-state index contributed by atoms with van der Waals surface area (Å²) in [5.74, 6) is 1.02. The van der Waals surface area contributed by atoms with E-state index in [0.29, 0.717) is 21.6 Å². The van der Waals surface area contributed by atoms with E-state index >= 15 is 0 Å². The zero-order chi connectivity index (χ0) is 23.3. The van der Waals surface area contributed by atoms with Gasteiger partial charge in [0.25, 0.3) is 0 Å². The Bertz CT molecular complexity index is 1330. The molecule has 0 aliphatic heterocycles. The maximum Gasteiger partial charge on any atom is 0.243 e. The largest absolute Gasteiger partial charge is 0.459 e. The van der Waals surface area contributed by atoms with Gasteiger partial charge in [0.15, 0.2) is 0 Å². The molecule has 8 heteroatoms. The monoisotopic (exact) mass is 498 g/mol. The summed E-state index contributed by atoms with van der Waals surface area (Å²) in [6.45, 7) is 0.259. The molecule has 0 bridgehead atoms. The van der Waals surface area contributed by atoms with Gasteiger partial charge < -0.3 is 4.42 Å². The molecule has 0 fully saturated rings. The molecule has 0 saturated carbocycles. The van der Waals surface area contributed by atoms with Crippen molar-refractivity contribution in [2.45, 2.75) is 18.0 Å². The Morgan fingerprint density at radius 3 is 2.09 bits per heavy atom. The van der Waals surface area contributed by atoms with Crippen molar-refractivity contribution in [2.75, 3.05) is 0 Å². The van der Waals surface area contributed by atoms with Crippen molar-refractivity contribution in [3.05, 3.63) is 118 Å². The van der Waals surface area contributed by atoms with Crippen LogP contribution in [0.1, 0.15) is 17.1 Å². The topological polar surface area (TPSA) is 62.9 Å². The molecule has 4 aromatic rings. The highest BCUT2D eigenvalue weighted by Gasteiger charge is 2.26. The van der Waals surface area contributed by atoms with E-state index in [4.69, 9.17) is 27.6 Å². The van der Waals surface area contributed by atoms with Gasteiger partial charge in [-0.25, -0.2) is 8.42 Å². The van der Waals surface area contributed by atoms with Gasteiger partial charge >= 0.3 is 0 Å². The Balaban J connectivity index is 1.57. The van der Waals surface area contributed by atoms with Crippen LogP contribution < -0.4 is 0 Å². The van der Waals surface area contributed by atoms with Gasteiger partial charge in [0.05, 0.1) is 23.3 Å². The number of hydrogen-bond acceptors (Lipinski definition) is 4. The molecule has 0 radical (unpaired) electrons. The number of furan rings is 1. The maximum absolute atomic E-state index is 13.4. The van der Waals surface area contributed by atoms with Crippen LogP contribution in [0.15, 0.2) is 105 Å².